The first-order chi connectivity index (χ1) is 13.0. The van der Waals surface area contributed by atoms with E-state index in [9.17, 15) is 14.3 Å². The highest BCUT2D eigenvalue weighted by atomic mass is 32.1. The van der Waals surface area contributed by atoms with E-state index >= 15 is 0 Å². The van der Waals surface area contributed by atoms with Crippen LogP contribution in [0.5, 0.6) is 0 Å². The van der Waals surface area contributed by atoms with Crippen LogP contribution in [0.25, 0.3) is 20.8 Å². The predicted molar refractivity (Wildman–Crippen MR) is 105 cm³/mol. The summed E-state index contributed by atoms with van der Waals surface area (Å²) >= 11 is 1.46. The number of hydrogen-bond donors (Lipinski definition) is 2. The average Bonchev–Trinajstić information content (AvgIpc) is 3.26. The van der Waals surface area contributed by atoms with Crippen LogP contribution in [-0.2, 0) is 0 Å². The molecule has 1 aromatic heterocycles. The summed E-state index contributed by atoms with van der Waals surface area (Å²) in [6, 6.07) is 11.8. The quantitative estimate of drug-likeness (QED) is 0.710. The number of anilines is 1. The molecule has 0 spiro atoms. The zero-order valence-corrected chi connectivity index (χ0v) is 15.7. The number of benzene rings is 2. The zero-order chi connectivity index (χ0) is 19.0. The van der Waals surface area contributed by atoms with E-state index in [1.807, 2.05) is 31.2 Å². The van der Waals surface area contributed by atoms with Crippen molar-refractivity contribution in [3.63, 3.8) is 0 Å². The third-order valence-electron chi connectivity index (χ3n) is 5.04. The summed E-state index contributed by atoms with van der Waals surface area (Å²) in [5.41, 5.74) is 1.94. The third-order valence-corrected chi connectivity index (χ3v) is 6.11. The molecule has 1 saturated heterocycles. The molecule has 4 rings (SSSR count). The number of para-hydroxylation sites is 1. The number of thiazole rings is 1. The Bertz CT molecular complexity index is 957. The Morgan fingerprint density at radius 3 is 2.89 bits per heavy atom. The molecule has 0 saturated carbocycles. The van der Waals surface area contributed by atoms with E-state index in [4.69, 9.17) is 0 Å². The number of aliphatic hydroxyl groups excluding tert-OH is 1. The Balaban J connectivity index is 1.63. The highest BCUT2D eigenvalue weighted by molar-refractivity contribution is 7.21. The molecule has 140 valence electrons. The number of fused-ring (bicyclic) bond motifs is 1. The summed E-state index contributed by atoms with van der Waals surface area (Å²) in [4.78, 5) is 19.0. The molecular formula is C20H20FN3O2S. The van der Waals surface area contributed by atoms with E-state index in [1.165, 1.54) is 23.5 Å². The van der Waals surface area contributed by atoms with Gasteiger partial charge in [-0.3, -0.25) is 0 Å². The van der Waals surface area contributed by atoms with Crippen LogP contribution in [-0.4, -0.2) is 40.7 Å². The minimum atomic E-state index is -0.377. The number of halogens is 1. The molecule has 27 heavy (non-hydrogen) atoms. The smallest absolute Gasteiger partial charge is 0.321 e. The molecule has 0 bridgehead atoms. The number of aliphatic hydroxyl groups is 1. The van der Waals surface area contributed by atoms with Gasteiger partial charge in [-0.2, -0.15) is 0 Å². The van der Waals surface area contributed by atoms with Gasteiger partial charge in [0.05, 0.1) is 15.9 Å². The lowest BCUT2D eigenvalue weighted by atomic mass is 10.00. The molecule has 3 aromatic rings. The van der Waals surface area contributed by atoms with Gasteiger partial charge >= 0.3 is 6.03 Å². The Hall–Kier alpha value is -2.51. The highest BCUT2D eigenvalue weighted by Crippen LogP contribution is 2.35. The van der Waals surface area contributed by atoms with Gasteiger partial charge in [-0.25, -0.2) is 14.2 Å². The van der Waals surface area contributed by atoms with E-state index < -0.39 is 0 Å². The number of likely N-dealkylation sites (tertiary alicyclic amines) is 1. The minimum Gasteiger partial charge on any atom is -0.396 e. The first-order valence-electron chi connectivity index (χ1n) is 8.87. The van der Waals surface area contributed by atoms with Gasteiger partial charge < -0.3 is 15.3 Å². The second-order valence-electron chi connectivity index (χ2n) is 6.93. The van der Waals surface area contributed by atoms with E-state index in [-0.39, 0.29) is 30.3 Å². The predicted octanol–water partition coefficient (Wildman–Crippen LogP) is 4.19. The summed E-state index contributed by atoms with van der Waals surface area (Å²) in [7, 11) is 0. The highest BCUT2D eigenvalue weighted by Gasteiger charge is 2.32. The SMILES string of the molecule is C[C@@H]1CN(C(=O)Nc2ccc(F)cc2-c2nc3ccccc3s2)C[C@H]1CO. The van der Waals surface area contributed by atoms with Gasteiger partial charge in [-0.05, 0) is 36.2 Å². The molecule has 0 radical (unpaired) electrons. The van der Waals surface area contributed by atoms with Crippen molar-refractivity contribution < 1.29 is 14.3 Å². The summed E-state index contributed by atoms with van der Waals surface area (Å²) in [6.45, 7) is 3.20. The Kier molecular flexibility index (Phi) is 4.80. The van der Waals surface area contributed by atoms with Crippen LogP contribution in [0.4, 0.5) is 14.9 Å². The summed E-state index contributed by atoms with van der Waals surface area (Å²) in [5, 5.41) is 13.0. The normalized spacial score (nSPS) is 19.6. The molecule has 0 aliphatic carbocycles. The molecule has 2 N–H and O–H groups in total. The number of carbonyl (C=O) groups excluding carboxylic acids is 1. The number of hydrogen-bond acceptors (Lipinski definition) is 4. The van der Waals surface area contributed by atoms with Crippen molar-refractivity contribution in [1.82, 2.24) is 9.88 Å². The van der Waals surface area contributed by atoms with Crippen LogP contribution < -0.4 is 5.32 Å². The number of carbonyl (C=O) groups is 1. The first kappa shape index (κ1) is 17.9. The van der Waals surface area contributed by atoms with Crippen molar-refractivity contribution in [2.75, 3.05) is 25.0 Å². The summed E-state index contributed by atoms with van der Waals surface area (Å²) < 4.78 is 14.9. The molecule has 1 fully saturated rings. The van der Waals surface area contributed by atoms with Gasteiger partial charge in [0, 0.05) is 31.2 Å². The van der Waals surface area contributed by atoms with E-state index in [1.54, 1.807) is 11.0 Å². The Morgan fingerprint density at radius 1 is 1.33 bits per heavy atom. The van der Waals surface area contributed by atoms with Crippen molar-refractivity contribution in [3.05, 3.63) is 48.3 Å². The van der Waals surface area contributed by atoms with E-state index in [0.29, 0.717) is 29.3 Å². The molecular weight excluding hydrogens is 365 g/mol. The number of amides is 2. The fourth-order valence-electron chi connectivity index (χ4n) is 3.42. The fraction of sp³-hybridized carbons (Fsp3) is 0.300. The number of urea groups is 1. The van der Waals surface area contributed by atoms with Gasteiger partial charge in [-0.1, -0.05) is 19.1 Å². The Labute approximate surface area is 160 Å². The van der Waals surface area contributed by atoms with Gasteiger partial charge in [0.15, 0.2) is 0 Å². The maximum Gasteiger partial charge on any atom is 0.321 e. The fourth-order valence-corrected chi connectivity index (χ4v) is 4.42. The third kappa shape index (κ3) is 3.52. The number of rotatable bonds is 3. The maximum absolute atomic E-state index is 13.9. The van der Waals surface area contributed by atoms with E-state index in [2.05, 4.69) is 10.3 Å². The lowest BCUT2D eigenvalue weighted by Crippen LogP contribution is -2.33. The van der Waals surface area contributed by atoms with Gasteiger partial charge in [-0.15, -0.1) is 11.3 Å². The van der Waals surface area contributed by atoms with Crippen molar-refractivity contribution in [2.24, 2.45) is 11.8 Å². The van der Waals surface area contributed by atoms with Crippen LogP contribution in [0.3, 0.4) is 0 Å². The lowest BCUT2D eigenvalue weighted by molar-refractivity contribution is 0.202. The number of nitrogens with zero attached hydrogens (tertiary/aromatic N) is 2. The standard InChI is InChI=1S/C20H20FN3O2S/c1-12-9-24(10-13(12)11-25)20(26)23-16-7-6-14(21)8-15(16)19-22-17-4-2-3-5-18(17)27-19/h2-8,12-13,25H,9-11H2,1H3,(H,23,26)/t12-,13+/m1/s1. The molecule has 2 amide bonds. The van der Waals surface area contributed by atoms with Crippen molar-refractivity contribution in [1.29, 1.82) is 0 Å². The molecule has 1 aliphatic rings. The monoisotopic (exact) mass is 385 g/mol. The van der Waals surface area contributed by atoms with Gasteiger partial charge in [0.2, 0.25) is 0 Å². The van der Waals surface area contributed by atoms with Crippen molar-refractivity contribution in [2.45, 2.75) is 6.92 Å². The topological polar surface area (TPSA) is 65.5 Å². The van der Waals surface area contributed by atoms with Crippen LogP contribution in [0.15, 0.2) is 42.5 Å². The van der Waals surface area contributed by atoms with Crippen LogP contribution in [0.1, 0.15) is 6.92 Å². The second-order valence-corrected chi connectivity index (χ2v) is 7.96. The van der Waals surface area contributed by atoms with Crippen molar-refractivity contribution >= 4 is 33.3 Å². The zero-order valence-electron chi connectivity index (χ0n) is 14.9. The molecule has 2 atom stereocenters. The van der Waals surface area contributed by atoms with Crippen LogP contribution in [0, 0.1) is 17.7 Å². The molecule has 2 aromatic carbocycles. The Morgan fingerprint density at radius 2 is 2.15 bits per heavy atom. The van der Waals surface area contributed by atoms with E-state index in [0.717, 1.165) is 10.2 Å². The maximum atomic E-state index is 13.9. The van der Waals surface area contributed by atoms with Gasteiger partial charge in [0.1, 0.15) is 10.8 Å². The molecule has 0 unspecified atom stereocenters. The molecule has 7 heteroatoms. The number of aromatic nitrogens is 1. The molecule has 1 aliphatic heterocycles. The van der Waals surface area contributed by atoms with Crippen LogP contribution >= 0.6 is 11.3 Å². The molecule has 2 heterocycles. The average molecular weight is 385 g/mol. The summed E-state index contributed by atoms with van der Waals surface area (Å²) in [5.74, 6) is -0.0391. The second kappa shape index (κ2) is 7.25. The largest absolute Gasteiger partial charge is 0.396 e. The molecule has 5 nitrogen and oxygen atoms in total. The van der Waals surface area contributed by atoms with Crippen molar-refractivity contribution in [3.8, 4) is 10.6 Å². The first-order valence-corrected chi connectivity index (χ1v) is 9.69. The lowest BCUT2D eigenvalue weighted by Gasteiger charge is -2.18. The van der Waals surface area contributed by atoms with Gasteiger partial charge in [0.25, 0.3) is 0 Å². The minimum absolute atomic E-state index is 0.0679. The van der Waals surface area contributed by atoms with Crippen LogP contribution in [0.2, 0.25) is 0 Å². The summed E-state index contributed by atoms with van der Waals surface area (Å²) in [6.07, 6.45) is 0. The number of nitrogens with one attached hydrogen (secondary N) is 1.